The number of halogens is 3. The van der Waals surface area contributed by atoms with Gasteiger partial charge in [0.15, 0.2) is 0 Å². The number of anilines is 1. The molecule has 0 aliphatic heterocycles. The van der Waals surface area contributed by atoms with Crippen molar-refractivity contribution in [2.24, 2.45) is 0 Å². The lowest BCUT2D eigenvalue weighted by atomic mass is 10.2. The maximum atomic E-state index is 12.9. The first kappa shape index (κ1) is 19.4. The van der Waals surface area contributed by atoms with Crippen molar-refractivity contribution in [1.29, 1.82) is 0 Å². The Morgan fingerprint density at radius 2 is 1.96 bits per heavy atom. The SMILES string of the molecule is O=C(CSc1n[nH]c(/C=C/c2ccc(F)cc2)n1)Nc1ccc(Cl)cc1Cl. The first-order chi connectivity index (χ1) is 13.0. The molecule has 0 atom stereocenters. The second-order valence-corrected chi connectivity index (χ2v) is 7.14. The molecule has 0 bridgehead atoms. The molecule has 2 aromatic carbocycles. The van der Waals surface area contributed by atoms with E-state index in [1.54, 1.807) is 42.5 Å². The van der Waals surface area contributed by atoms with E-state index in [-0.39, 0.29) is 17.5 Å². The fourth-order valence-electron chi connectivity index (χ4n) is 2.05. The van der Waals surface area contributed by atoms with Crippen molar-refractivity contribution in [3.8, 4) is 0 Å². The molecule has 0 saturated heterocycles. The molecule has 0 aliphatic rings. The zero-order valence-corrected chi connectivity index (χ0v) is 16.1. The Balaban J connectivity index is 1.53. The first-order valence-corrected chi connectivity index (χ1v) is 9.47. The third kappa shape index (κ3) is 5.82. The summed E-state index contributed by atoms with van der Waals surface area (Å²) in [6, 6.07) is 10.9. The maximum Gasteiger partial charge on any atom is 0.234 e. The minimum absolute atomic E-state index is 0.123. The Morgan fingerprint density at radius 1 is 1.19 bits per heavy atom. The number of hydrogen-bond acceptors (Lipinski definition) is 4. The van der Waals surface area contributed by atoms with E-state index < -0.39 is 0 Å². The standard InChI is InChI=1S/C18H13Cl2FN4OS/c19-12-4-7-15(14(20)9-12)22-17(26)10-27-18-23-16(24-25-18)8-3-11-1-5-13(21)6-2-11/h1-9H,10H2,(H,22,26)(H,23,24,25)/b8-3+. The fraction of sp³-hybridized carbons (Fsp3) is 0.0556. The van der Waals surface area contributed by atoms with Crippen LogP contribution in [0.1, 0.15) is 11.4 Å². The van der Waals surface area contributed by atoms with E-state index in [4.69, 9.17) is 23.2 Å². The lowest BCUT2D eigenvalue weighted by Gasteiger charge is -2.06. The van der Waals surface area contributed by atoms with Crippen LogP contribution in [0.4, 0.5) is 10.1 Å². The van der Waals surface area contributed by atoms with Crippen LogP contribution in [-0.4, -0.2) is 26.8 Å². The lowest BCUT2D eigenvalue weighted by molar-refractivity contribution is -0.113. The molecule has 0 aliphatic carbocycles. The normalized spacial score (nSPS) is 11.1. The fourth-order valence-corrected chi connectivity index (χ4v) is 3.11. The average Bonchev–Trinajstić information content (AvgIpc) is 3.10. The summed E-state index contributed by atoms with van der Waals surface area (Å²) in [5.74, 6) is 0.127. The summed E-state index contributed by atoms with van der Waals surface area (Å²) >= 11 is 13.0. The minimum atomic E-state index is -0.288. The van der Waals surface area contributed by atoms with Crippen LogP contribution >= 0.6 is 35.0 Å². The highest BCUT2D eigenvalue weighted by molar-refractivity contribution is 7.99. The highest BCUT2D eigenvalue weighted by atomic mass is 35.5. The summed E-state index contributed by atoms with van der Waals surface area (Å²) in [5, 5.41) is 10.8. The molecule has 0 fully saturated rings. The molecular weight excluding hydrogens is 410 g/mol. The third-order valence-corrected chi connectivity index (χ3v) is 4.72. The van der Waals surface area contributed by atoms with Gasteiger partial charge in [-0.3, -0.25) is 9.89 Å². The van der Waals surface area contributed by atoms with Crippen molar-refractivity contribution < 1.29 is 9.18 Å². The molecule has 0 saturated carbocycles. The number of nitrogens with one attached hydrogen (secondary N) is 2. The summed E-state index contributed by atoms with van der Waals surface area (Å²) < 4.78 is 12.9. The largest absolute Gasteiger partial charge is 0.324 e. The van der Waals surface area contributed by atoms with Crippen LogP contribution in [-0.2, 0) is 4.79 Å². The van der Waals surface area contributed by atoms with Crippen LogP contribution < -0.4 is 5.32 Å². The predicted molar refractivity (Wildman–Crippen MR) is 108 cm³/mol. The summed E-state index contributed by atoms with van der Waals surface area (Å²) in [7, 11) is 0. The summed E-state index contributed by atoms with van der Waals surface area (Å²) in [5.41, 5.74) is 1.32. The zero-order chi connectivity index (χ0) is 19.2. The number of H-pyrrole nitrogens is 1. The van der Waals surface area contributed by atoms with Crippen LogP contribution in [0.2, 0.25) is 10.0 Å². The Hall–Kier alpha value is -2.35. The van der Waals surface area contributed by atoms with Gasteiger partial charge in [-0.05, 0) is 42.0 Å². The number of aromatic nitrogens is 3. The second kappa shape index (κ2) is 9.03. The average molecular weight is 423 g/mol. The zero-order valence-electron chi connectivity index (χ0n) is 13.7. The van der Waals surface area contributed by atoms with Gasteiger partial charge < -0.3 is 5.32 Å². The molecule has 27 heavy (non-hydrogen) atoms. The lowest BCUT2D eigenvalue weighted by Crippen LogP contribution is -2.14. The number of rotatable bonds is 6. The highest BCUT2D eigenvalue weighted by Gasteiger charge is 2.09. The van der Waals surface area contributed by atoms with Gasteiger partial charge in [0.25, 0.3) is 0 Å². The third-order valence-electron chi connectivity index (χ3n) is 3.32. The summed E-state index contributed by atoms with van der Waals surface area (Å²) in [6.07, 6.45) is 3.50. The highest BCUT2D eigenvalue weighted by Crippen LogP contribution is 2.25. The molecule has 1 heterocycles. The van der Waals surface area contributed by atoms with Crippen molar-refractivity contribution in [1.82, 2.24) is 15.2 Å². The number of thioether (sulfide) groups is 1. The van der Waals surface area contributed by atoms with E-state index in [1.165, 1.54) is 23.9 Å². The number of carbonyl (C=O) groups is 1. The van der Waals surface area contributed by atoms with Crippen LogP contribution in [0.25, 0.3) is 12.2 Å². The van der Waals surface area contributed by atoms with Gasteiger partial charge in [-0.1, -0.05) is 53.2 Å². The van der Waals surface area contributed by atoms with Crippen LogP contribution in [0.5, 0.6) is 0 Å². The van der Waals surface area contributed by atoms with E-state index in [1.807, 2.05) is 0 Å². The minimum Gasteiger partial charge on any atom is -0.324 e. The Labute approximate surface area is 169 Å². The van der Waals surface area contributed by atoms with Gasteiger partial charge in [-0.15, -0.1) is 5.10 Å². The van der Waals surface area contributed by atoms with E-state index in [0.29, 0.717) is 26.7 Å². The molecule has 0 radical (unpaired) electrons. The smallest absolute Gasteiger partial charge is 0.234 e. The van der Waals surface area contributed by atoms with Crippen molar-refractivity contribution in [2.45, 2.75) is 5.16 Å². The quantitative estimate of drug-likeness (QED) is 0.538. The van der Waals surface area contributed by atoms with Gasteiger partial charge in [0.2, 0.25) is 11.1 Å². The molecule has 5 nitrogen and oxygen atoms in total. The molecule has 3 rings (SSSR count). The van der Waals surface area contributed by atoms with E-state index >= 15 is 0 Å². The first-order valence-electron chi connectivity index (χ1n) is 7.73. The van der Waals surface area contributed by atoms with Crippen molar-refractivity contribution in [3.05, 3.63) is 69.7 Å². The van der Waals surface area contributed by atoms with Gasteiger partial charge in [-0.25, -0.2) is 9.37 Å². The van der Waals surface area contributed by atoms with Gasteiger partial charge in [0, 0.05) is 5.02 Å². The summed E-state index contributed by atoms with van der Waals surface area (Å²) in [6.45, 7) is 0. The monoisotopic (exact) mass is 422 g/mol. The van der Waals surface area contributed by atoms with Gasteiger partial charge >= 0.3 is 0 Å². The van der Waals surface area contributed by atoms with E-state index in [0.717, 1.165) is 5.56 Å². The molecular formula is C18H13Cl2FN4OS. The Morgan fingerprint density at radius 3 is 2.70 bits per heavy atom. The van der Waals surface area contributed by atoms with Crippen molar-refractivity contribution in [2.75, 3.05) is 11.1 Å². The number of benzene rings is 2. The molecule has 3 aromatic rings. The number of aromatic amines is 1. The van der Waals surface area contributed by atoms with Crippen LogP contribution in [0.15, 0.2) is 47.6 Å². The Kier molecular flexibility index (Phi) is 6.49. The Bertz CT molecular complexity index is 976. The van der Waals surface area contributed by atoms with Gasteiger partial charge in [-0.2, -0.15) is 0 Å². The molecule has 2 N–H and O–H groups in total. The molecule has 0 unspecified atom stereocenters. The molecule has 138 valence electrons. The second-order valence-electron chi connectivity index (χ2n) is 5.35. The van der Waals surface area contributed by atoms with Gasteiger partial charge in [0.05, 0.1) is 16.5 Å². The topological polar surface area (TPSA) is 70.7 Å². The van der Waals surface area contributed by atoms with Crippen LogP contribution in [0, 0.1) is 5.82 Å². The molecule has 1 amide bonds. The maximum absolute atomic E-state index is 12.9. The van der Waals surface area contributed by atoms with Crippen LogP contribution in [0.3, 0.4) is 0 Å². The van der Waals surface area contributed by atoms with E-state index in [2.05, 4.69) is 20.5 Å². The van der Waals surface area contributed by atoms with Crippen molar-refractivity contribution >= 4 is 58.7 Å². The summed E-state index contributed by atoms with van der Waals surface area (Å²) in [4.78, 5) is 16.3. The van der Waals surface area contributed by atoms with Gasteiger partial charge in [0.1, 0.15) is 11.6 Å². The number of nitrogens with zero attached hydrogens (tertiary/aromatic N) is 2. The molecule has 1 aromatic heterocycles. The number of carbonyl (C=O) groups excluding carboxylic acids is 1. The number of hydrogen-bond donors (Lipinski definition) is 2. The van der Waals surface area contributed by atoms with E-state index in [9.17, 15) is 9.18 Å². The number of amides is 1. The molecule has 9 heteroatoms. The predicted octanol–water partition coefficient (Wildman–Crippen LogP) is 5.15. The molecule has 0 spiro atoms. The van der Waals surface area contributed by atoms with Crippen molar-refractivity contribution in [3.63, 3.8) is 0 Å².